The fourth-order valence-corrected chi connectivity index (χ4v) is 3.07. The van der Waals surface area contributed by atoms with E-state index in [1.807, 2.05) is 35.1 Å². The number of hydrogen-bond donors (Lipinski definition) is 1. The number of nitrogens with one attached hydrogen (secondary N) is 1. The minimum Gasteiger partial charge on any atom is -0.327 e. The van der Waals surface area contributed by atoms with Crippen LogP contribution < -0.4 is 5.32 Å². The molecule has 6 nitrogen and oxygen atoms in total. The van der Waals surface area contributed by atoms with Gasteiger partial charge in [0, 0.05) is 30.2 Å². The molecule has 4 aromatic rings. The van der Waals surface area contributed by atoms with E-state index in [0.717, 1.165) is 23.4 Å². The van der Waals surface area contributed by atoms with E-state index in [1.54, 1.807) is 6.20 Å². The Kier molecular flexibility index (Phi) is 4.42. The topological polar surface area (TPSA) is 64.7 Å². The molecule has 0 saturated carbocycles. The predicted molar refractivity (Wildman–Crippen MR) is 101 cm³/mol. The first kappa shape index (κ1) is 17.0. The number of carbonyl (C=O) groups is 1. The van der Waals surface area contributed by atoms with Crippen LogP contribution in [0.1, 0.15) is 23.1 Å². The van der Waals surface area contributed by atoms with E-state index in [0.29, 0.717) is 17.8 Å². The average Bonchev–Trinajstić information content (AvgIpc) is 3.29. The Morgan fingerprint density at radius 2 is 2.00 bits per heavy atom. The molecule has 0 saturated heterocycles. The molecule has 4 rings (SSSR count). The highest BCUT2D eigenvalue weighted by Gasteiger charge is 2.12. The number of imidazole rings is 1. The van der Waals surface area contributed by atoms with Crippen LogP contribution in [0, 0.1) is 5.82 Å². The zero-order chi connectivity index (χ0) is 18.8. The number of aryl methyl sites for hydroxylation is 1. The molecule has 2 aromatic heterocycles. The number of nitrogens with zero attached hydrogens (tertiary/aromatic N) is 4. The molecule has 0 unspecified atom stereocenters. The van der Waals surface area contributed by atoms with Crippen molar-refractivity contribution in [3.63, 3.8) is 0 Å². The normalized spacial score (nSPS) is 11.0. The van der Waals surface area contributed by atoms with E-state index >= 15 is 0 Å². The third kappa shape index (κ3) is 3.44. The van der Waals surface area contributed by atoms with Crippen LogP contribution in [-0.2, 0) is 13.1 Å². The number of hydrogen-bond acceptors (Lipinski definition) is 3. The van der Waals surface area contributed by atoms with Crippen molar-refractivity contribution in [1.29, 1.82) is 0 Å². The number of amides is 1. The predicted octanol–water partition coefficient (Wildman–Crippen LogP) is 3.69. The van der Waals surface area contributed by atoms with Crippen molar-refractivity contribution in [3.8, 4) is 0 Å². The highest BCUT2D eigenvalue weighted by Crippen LogP contribution is 2.22. The highest BCUT2D eigenvalue weighted by molar-refractivity contribution is 6.04. The van der Waals surface area contributed by atoms with Crippen LogP contribution in [0.2, 0.25) is 0 Å². The average molecular weight is 363 g/mol. The van der Waals surface area contributed by atoms with Crippen LogP contribution in [0.5, 0.6) is 0 Å². The summed E-state index contributed by atoms with van der Waals surface area (Å²) in [7, 11) is 0. The number of fused-ring (bicyclic) bond motifs is 1. The Balaban J connectivity index is 1.61. The molecule has 0 atom stereocenters. The quantitative estimate of drug-likeness (QED) is 0.588. The van der Waals surface area contributed by atoms with Gasteiger partial charge in [0.2, 0.25) is 0 Å². The molecular formula is C20H18FN5O. The maximum atomic E-state index is 13.0. The van der Waals surface area contributed by atoms with Crippen molar-refractivity contribution in [2.45, 2.75) is 20.0 Å². The number of anilines is 1. The SMILES string of the molecule is CCn1c(Cn2cccn2)nc2cc(NC(=O)c3ccc(F)cc3)ccc21. The molecule has 0 bridgehead atoms. The van der Waals surface area contributed by atoms with Crippen molar-refractivity contribution < 1.29 is 9.18 Å². The van der Waals surface area contributed by atoms with Gasteiger partial charge in [0.05, 0.1) is 17.6 Å². The molecule has 27 heavy (non-hydrogen) atoms. The zero-order valence-electron chi connectivity index (χ0n) is 14.8. The minimum absolute atomic E-state index is 0.291. The summed E-state index contributed by atoms with van der Waals surface area (Å²) in [6.07, 6.45) is 3.63. The summed E-state index contributed by atoms with van der Waals surface area (Å²) in [5.74, 6) is 0.238. The monoisotopic (exact) mass is 363 g/mol. The van der Waals surface area contributed by atoms with Crippen molar-refractivity contribution >= 4 is 22.6 Å². The maximum absolute atomic E-state index is 13.0. The van der Waals surface area contributed by atoms with Crippen LogP contribution in [0.4, 0.5) is 10.1 Å². The van der Waals surface area contributed by atoms with Crippen molar-refractivity contribution in [3.05, 3.63) is 78.1 Å². The van der Waals surface area contributed by atoms with Gasteiger partial charge in [0.15, 0.2) is 0 Å². The summed E-state index contributed by atoms with van der Waals surface area (Å²) in [6.45, 7) is 3.43. The minimum atomic E-state index is -0.372. The molecule has 2 heterocycles. The standard InChI is InChI=1S/C20H18FN5O/c1-2-26-18-9-8-16(23-20(27)14-4-6-15(21)7-5-14)12-17(18)24-19(26)13-25-11-3-10-22-25/h3-12H,2,13H2,1H3,(H,23,27). The summed E-state index contributed by atoms with van der Waals surface area (Å²) < 4.78 is 17.0. The van der Waals surface area contributed by atoms with Crippen LogP contribution in [-0.4, -0.2) is 25.2 Å². The fourth-order valence-electron chi connectivity index (χ4n) is 3.07. The second-order valence-corrected chi connectivity index (χ2v) is 6.14. The summed E-state index contributed by atoms with van der Waals surface area (Å²) in [6, 6.07) is 12.9. The maximum Gasteiger partial charge on any atom is 0.255 e. The molecule has 0 aliphatic carbocycles. The van der Waals surface area contributed by atoms with Gasteiger partial charge < -0.3 is 9.88 Å². The Labute approximate surface area is 155 Å². The lowest BCUT2D eigenvalue weighted by molar-refractivity contribution is 0.102. The smallest absolute Gasteiger partial charge is 0.255 e. The first-order valence-electron chi connectivity index (χ1n) is 8.67. The molecule has 0 aliphatic rings. The molecule has 0 radical (unpaired) electrons. The Hall–Kier alpha value is -3.48. The first-order valence-corrected chi connectivity index (χ1v) is 8.67. The van der Waals surface area contributed by atoms with Crippen LogP contribution in [0.3, 0.4) is 0 Å². The van der Waals surface area contributed by atoms with Crippen LogP contribution in [0.25, 0.3) is 11.0 Å². The highest BCUT2D eigenvalue weighted by atomic mass is 19.1. The van der Waals surface area contributed by atoms with E-state index in [2.05, 4.69) is 21.9 Å². The van der Waals surface area contributed by atoms with Gasteiger partial charge in [-0.05, 0) is 55.5 Å². The lowest BCUT2D eigenvalue weighted by Gasteiger charge is -2.07. The third-order valence-electron chi connectivity index (χ3n) is 4.37. The van der Waals surface area contributed by atoms with Crippen LogP contribution in [0.15, 0.2) is 60.9 Å². The lowest BCUT2D eigenvalue weighted by atomic mass is 10.2. The van der Waals surface area contributed by atoms with Gasteiger partial charge in [0.25, 0.3) is 5.91 Å². The zero-order valence-corrected chi connectivity index (χ0v) is 14.8. The molecule has 0 spiro atoms. The Morgan fingerprint density at radius 3 is 2.70 bits per heavy atom. The summed E-state index contributed by atoms with van der Waals surface area (Å²) >= 11 is 0. The van der Waals surface area contributed by atoms with E-state index in [-0.39, 0.29) is 11.7 Å². The van der Waals surface area contributed by atoms with Gasteiger partial charge in [0.1, 0.15) is 11.6 Å². The summed E-state index contributed by atoms with van der Waals surface area (Å²) in [5, 5.41) is 7.07. The second kappa shape index (κ2) is 7.03. The van der Waals surface area contributed by atoms with Gasteiger partial charge in [-0.2, -0.15) is 5.10 Å². The Bertz CT molecular complexity index is 1080. The van der Waals surface area contributed by atoms with E-state index in [4.69, 9.17) is 4.98 Å². The second-order valence-electron chi connectivity index (χ2n) is 6.14. The van der Waals surface area contributed by atoms with Crippen LogP contribution >= 0.6 is 0 Å². The number of halogens is 1. The number of carbonyl (C=O) groups excluding carboxylic acids is 1. The van der Waals surface area contributed by atoms with Gasteiger partial charge in [-0.1, -0.05) is 0 Å². The lowest BCUT2D eigenvalue weighted by Crippen LogP contribution is -2.11. The molecule has 0 aliphatic heterocycles. The molecular weight excluding hydrogens is 345 g/mol. The molecule has 7 heteroatoms. The summed E-state index contributed by atoms with van der Waals surface area (Å²) in [5.41, 5.74) is 2.84. The molecule has 1 N–H and O–H groups in total. The van der Waals surface area contributed by atoms with Crippen molar-refractivity contribution in [2.24, 2.45) is 0 Å². The molecule has 1 amide bonds. The third-order valence-corrected chi connectivity index (χ3v) is 4.37. The number of benzene rings is 2. The van der Waals surface area contributed by atoms with E-state index in [1.165, 1.54) is 24.3 Å². The van der Waals surface area contributed by atoms with Crippen molar-refractivity contribution in [2.75, 3.05) is 5.32 Å². The molecule has 0 fully saturated rings. The van der Waals surface area contributed by atoms with E-state index in [9.17, 15) is 9.18 Å². The number of aromatic nitrogens is 4. The largest absolute Gasteiger partial charge is 0.327 e. The van der Waals surface area contributed by atoms with Gasteiger partial charge >= 0.3 is 0 Å². The fraction of sp³-hybridized carbons (Fsp3) is 0.150. The Morgan fingerprint density at radius 1 is 1.19 bits per heavy atom. The summed E-state index contributed by atoms with van der Waals surface area (Å²) in [4.78, 5) is 17.0. The molecule has 136 valence electrons. The van der Waals surface area contributed by atoms with Gasteiger partial charge in [-0.15, -0.1) is 0 Å². The van der Waals surface area contributed by atoms with Crippen molar-refractivity contribution in [1.82, 2.24) is 19.3 Å². The van der Waals surface area contributed by atoms with E-state index < -0.39 is 0 Å². The van der Waals surface area contributed by atoms with Gasteiger partial charge in [-0.3, -0.25) is 9.48 Å². The molecule has 2 aromatic carbocycles. The first-order chi connectivity index (χ1) is 13.1. The number of rotatable bonds is 5. The van der Waals surface area contributed by atoms with Gasteiger partial charge in [-0.25, -0.2) is 9.37 Å².